The van der Waals surface area contributed by atoms with E-state index in [4.69, 9.17) is 23.8 Å². The largest absolute Gasteiger partial charge is 0.468 e. The maximum Gasteiger partial charge on any atom is 0.322 e. The van der Waals surface area contributed by atoms with E-state index in [1.165, 1.54) is 7.11 Å². The summed E-state index contributed by atoms with van der Waals surface area (Å²) in [6.45, 7) is 4.01. The molecule has 120 valence electrons. The van der Waals surface area contributed by atoms with Crippen molar-refractivity contribution in [2.75, 3.05) is 73.6 Å². The van der Waals surface area contributed by atoms with Gasteiger partial charge in [-0.15, -0.1) is 0 Å². The third-order valence-corrected chi connectivity index (χ3v) is 2.05. The molecule has 0 aliphatic heterocycles. The van der Waals surface area contributed by atoms with Gasteiger partial charge in [0.2, 0.25) is 0 Å². The molecule has 0 unspecified atom stereocenters. The summed E-state index contributed by atoms with van der Waals surface area (Å²) in [6.07, 6.45) is 0. The highest BCUT2D eigenvalue weighted by molar-refractivity contribution is 5.71. The predicted molar refractivity (Wildman–Crippen MR) is 70.3 cm³/mol. The molecule has 0 bridgehead atoms. The molecule has 8 heteroatoms. The second kappa shape index (κ2) is 16.3. The summed E-state index contributed by atoms with van der Waals surface area (Å²) in [4.78, 5) is 15.6. The van der Waals surface area contributed by atoms with Crippen molar-refractivity contribution in [2.24, 2.45) is 0 Å². The van der Waals surface area contributed by atoms with E-state index < -0.39 is 0 Å². The molecule has 0 heterocycles. The van der Waals surface area contributed by atoms with Gasteiger partial charge >= 0.3 is 5.97 Å². The van der Waals surface area contributed by atoms with E-state index in [1.807, 2.05) is 0 Å². The number of rotatable bonds is 15. The Morgan fingerprint density at radius 2 is 1.30 bits per heavy atom. The van der Waals surface area contributed by atoms with Crippen LogP contribution in [-0.2, 0) is 33.3 Å². The molecule has 0 saturated heterocycles. The number of esters is 1. The lowest BCUT2D eigenvalue weighted by atomic mass is 10.7. The van der Waals surface area contributed by atoms with Gasteiger partial charge in [-0.2, -0.15) is 5.48 Å². The highest BCUT2D eigenvalue weighted by Gasteiger charge is 1.97. The van der Waals surface area contributed by atoms with Gasteiger partial charge in [0, 0.05) is 7.11 Å². The number of hydroxylamine groups is 1. The van der Waals surface area contributed by atoms with Crippen molar-refractivity contribution in [1.29, 1.82) is 0 Å². The summed E-state index contributed by atoms with van der Waals surface area (Å²) in [5.41, 5.74) is 2.46. The average Bonchev–Trinajstić information content (AvgIpc) is 2.47. The molecule has 0 aromatic carbocycles. The molecule has 0 radical (unpaired) electrons. The fourth-order valence-corrected chi connectivity index (χ4v) is 1.04. The number of hydrogen-bond acceptors (Lipinski definition) is 8. The SMILES string of the molecule is COCCOCCOCCOCCONCC(=O)OC. The monoisotopic (exact) mass is 295 g/mol. The Morgan fingerprint density at radius 1 is 0.800 bits per heavy atom. The van der Waals surface area contributed by atoms with Crippen LogP contribution in [0.5, 0.6) is 0 Å². The van der Waals surface area contributed by atoms with Crippen LogP contribution in [0.4, 0.5) is 0 Å². The number of hydrogen-bond donors (Lipinski definition) is 1. The Morgan fingerprint density at radius 3 is 1.80 bits per heavy atom. The normalized spacial score (nSPS) is 10.7. The van der Waals surface area contributed by atoms with Crippen LogP contribution in [0.15, 0.2) is 0 Å². The van der Waals surface area contributed by atoms with E-state index in [-0.39, 0.29) is 12.5 Å². The molecule has 20 heavy (non-hydrogen) atoms. The van der Waals surface area contributed by atoms with Gasteiger partial charge in [-0.3, -0.25) is 9.63 Å². The Hall–Kier alpha value is -0.770. The first-order chi connectivity index (χ1) is 9.81. The van der Waals surface area contributed by atoms with Crippen molar-refractivity contribution in [3.05, 3.63) is 0 Å². The van der Waals surface area contributed by atoms with E-state index >= 15 is 0 Å². The zero-order chi connectivity index (χ0) is 14.9. The van der Waals surface area contributed by atoms with Gasteiger partial charge in [-0.25, -0.2) is 0 Å². The standard InChI is InChI=1S/C12H25NO7/c1-15-3-4-17-5-6-18-7-8-19-9-10-20-13-11-12(14)16-2/h13H,3-11H2,1-2H3. The second-order valence-electron chi connectivity index (χ2n) is 3.58. The van der Waals surface area contributed by atoms with Crippen LogP contribution in [0.1, 0.15) is 0 Å². The smallest absolute Gasteiger partial charge is 0.322 e. The number of methoxy groups -OCH3 is 2. The van der Waals surface area contributed by atoms with Crippen molar-refractivity contribution in [3.63, 3.8) is 0 Å². The molecule has 0 rings (SSSR count). The molecule has 1 N–H and O–H groups in total. The molecule has 0 fully saturated rings. The van der Waals surface area contributed by atoms with Gasteiger partial charge in [0.1, 0.15) is 6.54 Å². The summed E-state index contributed by atoms with van der Waals surface area (Å²) in [6, 6.07) is 0. The quantitative estimate of drug-likeness (QED) is 0.243. The van der Waals surface area contributed by atoms with Gasteiger partial charge in [-0.1, -0.05) is 0 Å². The lowest BCUT2D eigenvalue weighted by Gasteiger charge is -2.07. The molecular formula is C12H25NO7. The first kappa shape index (κ1) is 19.2. The molecule has 0 saturated carbocycles. The zero-order valence-electron chi connectivity index (χ0n) is 12.2. The minimum atomic E-state index is -0.382. The average molecular weight is 295 g/mol. The van der Waals surface area contributed by atoms with Crippen LogP contribution in [0.25, 0.3) is 0 Å². The summed E-state index contributed by atoms with van der Waals surface area (Å²) in [5.74, 6) is -0.382. The molecule has 0 aromatic heterocycles. The van der Waals surface area contributed by atoms with E-state index in [1.54, 1.807) is 7.11 Å². The van der Waals surface area contributed by atoms with Crippen molar-refractivity contribution in [1.82, 2.24) is 5.48 Å². The van der Waals surface area contributed by atoms with Crippen LogP contribution in [0.3, 0.4) is 0 Å². The Kier molecular flexibility index (Phi) is 15.7. The number of carbonyl (C=O) groups excluding carboxylic acids is 1. The number of ether oxygens (including phenoxy) is 5. The Balaban J connectivity index is 2.97. The molecule has 0 aliphatic carbocycles. The predicted octanol–water partition coefficient (Wildman–Crippen LogP) is -0.623. The summed E-state index contributed by atoms with van der Waals surface area (Å²) in [7, 11) is 2.95. The first-order valence-corrected chi connectivity index (χ1v) is 6.45. The molecule has 0 amide bonds. The molecular weight excluding hydrogens is 270 g/mol. The first-order valence-electron chi connectivity index (χ1n) is 6.45. The van der Waals surface area contributed by atoms with Crippen LogP contribution in [-0.4, -0.2) is 79.6 Å². The van der Waals surface area contributed by atoms with Crippen molar-refractivity contribution in [2.45, 2.75) is 0 Å². The third kappa shape index (κ3) is 15.3. The molecule has 0 aromatic rings. The zero-order valence-corrected chi connectivity index (χ0v) is 12.2. The second-order valence-corrected chi connectivity index (χ2v) is 3.58. The van der Waals surface area contributed by atoms with Gasteiger partial charge < -0.3 is 23.7 Å². The van der Waals surface area contributed by atoms with Crippen LogP contribution >= 0.6 is 0 Å². The van der Waals surface area contributed by atoms with Gasteiger partial charge in [0.05, 0.1) is 60.0 Å². The molecule has 8 nitrogen and oxygen atoms in total. The minimum Gasteiger partial charge on any atom is -0.468 e. The highest BCUT2D eigenvalue weighted by Crippen LogP contribution is 1.82. The van der Waals surface area contributed by atoms with E-state index in [0.29, 0.717) is 52.9 Å². The summed E-state index contributed by atoms with van der Waals surface area (Å²) in [5, 5.41) is 0. The molecule has 0 atom stereocenters. The van der Waals surface area contributed by atoms with Gasteiger partial charge in [0.15, 0.2) is 0 Å². The Labute approximate surface area is 119 Å². The van der Waals surface area contributed by atoms with Crippen molar-refractivity contribution >= 4 is 5.97 Å². The van der Waals surface area contributed by atoms with E-state index in [0.717, 1.165) is 0 Å². The van der Waals surface area contributed by atoms with Crippen LogP contribution < -0.4 is 5.48 Å². The minimum absolute atomic E-state index is 0.0165. The maximum atomic E-state index is 10.7. The molecule has 0 spiro atoms. The fourth-order valence-electron chi connectivity index (χ4n) is 1.04. The summed E-state index contributed by atoms with van der Waals surface area (Å²) >= 11 is 0. The van der Waals surface area contributed by atoms with Gasteiger partial charge in [0.25, 0.3) is 0 Å². The fraction of sp³-hybridized carbons (Fsp3) is 0.917. The van der Waals surface area contributed by atoms with E-state index in [9.17, 15) is 4.79 Å². The maximum absolute atomic E-state index is 10.7. The van der Waals surface area contributed by atoms with Crippen molar-refractivity contribution in [3.8, 4) is 0 Å². The number of carbonyl (C=O) groups is 1. The highest BCUT2D eigenvalue weighted by atomic mass is 16.7. The van der Waals surface area contributed by atoms with Gasteiger partial charge in [-0.05, 0) is 0 Å². The van der Waals surface area contributed by atoms with Crippen LogP contribution in [0, 0.1) is 0 Å². The van der Waals surface area contributed by atoms with E-state index in [2.05, 4.69) is 10.2 Å². The summed E-state index contributed by atoms with van der Waals surface area (Å²) < 4.78 is 25.0. The van der Waals surface area contributed by atoms with Crippen LogP contribution in [0.2, 0.25) is 0 Å². The number of nitrogens with one attached hydrogen (secondary N) is 1. The third-order valence-electron chi connectivity index (χ3n) is 2.05. The topological polar surface area (TPSA) is 84.5 Å². The molecule has 0 aliphatic rings. The Bertz CT molecular complexity index is 216. The lowest BCUT2D eigenvalue weighted by Crippen LogP contribution is -2.25. The lowest BCUT2D eigenvalue weighted by molar-refractivity contribution is -0.142. The van der Waals surface area contributed by atoms with Crippen molar-refractivity contribution < 1.29 is 33.3 Å².